The molecular formula is C64H103NO8P+. The van der Waals surface area contributed by atoms with Gasteiger partial charge in [-0.2, -0.15) is 0 Å². The van der Waals surface area contributed by atoms with Gasteiger partial charge in [-0.15, -0.1) is 0 Å². The van der Waals surface area contributed by atoms with Crippen LogP contribution in [0.3, 0.4) is 0 Å². The first-order valence-corrected chi connectivity index (χ1v) is 29.7. The van der Waals surface area contributed by atoms with Crippen molar-refractivity contribution in [3.8, 4) is 0 Å². The molecule has 2 atom stereocenters. The number of phosphoric acid groups is 1. The molecule has 0 amide bonds. The first-order valence-electron chi connectivity index (χ1n) is 28.2. The van der Waals surface area contributed by atoms with Gasteiger partial charge >= 0.3 is 19.8 Å². The maximum Gasteiger partial charge on any atom is 0.472 e. The number of phosphoric ester groups is 1. The maximum atomic E-state index is 12.8. The topological polar surface area (TPSA) is 108 Å². The summed E-state index contributed by atoms with van der Waals surface area (Å²) < 4.78 is 34.5. The van der Waals surface area contributed by atoms with Gasteiger partial charge in [0, 0.05) is 12.8 Å². The van der Waals surface area contributed by atoms with E-state index in [1.54, 1.807) is 0 Å². The summed E-state index contributed by atoms with van der Waals surface area (Å²) in [6, 6.07) is 0. The van der Waals surface area contributed by atoms with Gasteiger partial charge in [0.25, 0.3) is 0 Å². The number of esters is 2. The minimum absolute atomic E-state index is 0.0126. The van der Waals surface area contributed by atoms with Gasteiger partial charge in [-0.3, -0.25) is 18.6 Å². The Morgan fingerprint density at radius 1 is 0.419 bits per heavy atom. The fourth-order valence-electron chi connectivity index (χ4n) is 6.76. The minimum atomic E-state index is -4.41. The van der Waals surface area contributed by atoms with Gasteiger partial charge in [0.05, 0.1) is 27.7 Å². The molecule has 10 heteroatoms. The lowest BCUT2D eigenvalue weighted by molar-refractivity contribution is -0.870. The average Bonchev–Trinajstić information content (AvgIpc) is 3.36. The molecule has 1 N–H and O–H groups in total. The highest BCUT2D eigenvalue weighted by Gasteiger charge is 2.27. The number of hydrogen-bond donors (Lipinski definition) is 1. The van der Waals surface area contributed by atoms with Crippen LogP contribution in [0.4, 0.5) is 0 Å². The van der Waals surface area contributed by atoms with E-state index >= 15 is 0 Å². The predicted octanol–water partition coefficient (Wildman–Crippen LogP) is 17.7. The zero-order chi connectivity index (χ0) is 54.2. The van der Waals surface area contributed by atoms with Crippen LogP contribution < -0.4 is 0 Å². The minimum Gasteiger partial charge on any atom is -0.462 e. The molecule has 0 bridgehead atoms. The summed E-state index contributed by atoms with van der Waals surface area (Å²) in [6.45, 7) is 4.12. The third kappa shape index (κ3) is 56.9. The van der Waals surface area contributed by atoms with Crippen LogP contribution in [-0.2, 0) is 32.7 Å². The molecule has 2 unspecified atom stereocenters. The first-order chi connectivity index (χ1) is 36.0. The van der Waals surface area contributed by atoms with Crippen molar-refractivity contribution in [3.05, 3.63) is 158 Å². The summed E-state index contributed by atoms with van der Waals surface area (Å²) in [5.41, 5.74) is 0. The van der Waals surface area contributed by atoms with Crippen LogP contribution in [0.2, 0.25) is 0 Å². The molecule has 0 saturated heterocycles. The predicted molar refractivity (Wildman–Crippen MR) is 316 cm³/mol. The summed E-state index contributed by atoms with van der Waals surface area (Å²) in [6.07, 6.45) is 80.1. The molecule has 0 spiro atoms. The van der Waals surface area contributed by atoms with Crippen molar-refractivity contribution in [1.29, 1.82) is 0 Å². The van der Waals surface area contributed by atoms with Gasteiger partial charge in [0.2, 0.25) is 0 Å². The molecule has 0 aromatic rings. The quantitative estimate of drug-likeness (QED) is 0.0211. The number of carbonyl (C=O) groups excluding carboxylic acids is 2. The summed E-state index contributed by atoms with van der Waals surface area (Å²) in [7, 11) is 1.42. The van der Waals surface area contributed by atoms with E-state index in [0.29, 0.717) is 23.9 Å². The number of allylic oxidation sites excluding steroid dienone is 26. The van der Waals surface area contributed by atoms with Crippen molar-refractivity contribution in [2.45, 2.75) is 187 Å². The molecular weight excluding hydrogens is 942 g/mol. The molecule has 0 aliphatic rings. The van der Waals surface area contributed by atoms with Crippen molar-refractivity contribution >= 4 is 19.8 Å². The molecule has 0 saturated carbocycles. The molecule has 0 aromatic heterocycles. The monoisotopic (exact) mass is 1040 g/mol. The van der Waals surface area contributed by atoms with Crippen molar-refractivity contribution < 1.29 is 42.1 Å². The van der Waals surface area contributed by atoms with Crippen molar-refractivity contribution in [2.75, 3.05) is 47.5 Å². The Bertz CT molecular complexity index is 1800. The highest BCUT2D eigenvalue weighted by Crippen LogP contribution is 2.43. The fraction of sp³-hybridized carbons (Fsp3) is 0.562. The lowest BCUT2D eigenvalue weighted by Gasteiger charge is -2.24. The second kappa shape index (κ2) is 53.5. The van der Waals surface area contributed by atoms with E-state index in [0.717, 1.165) is 141 Å². The number of likely N-dealkylation sites (N-methyl/N-ethyl adjacent to an activating group) is 1. The van der Waals surface area contributed by atoms with Crippen molar-refractivity contribution in [1.82, 2.24) is 0 Å². The Labute approximate surface area is 452 Å². The first kappa shape index (κ1) is 69.6. The second-order valence-electron chi connectivity index (χ2n) is 19.2. The zero-order valence-electron chi connectivity index (χ0n) is 47.0. The van der Waals surface area contributed by atoms with E-state index < -0.39 is 32.5 Å². The van der Waals surface area contributed by atoms with E-state index in [1.165, 1.54) is 0 Å². The SMILES string of the molecule is CC/C=C\C/C=C\C/C=C\C/C=C\C/C=C\C/C=C\C/C=C\CCCCCCCC(=O)OC(COC(=O)CCCCCC/C=C\C/C=C\C/C=C\C/C=C\C/C=C\C/C=C\CC)COP(=O)(O)OCC[N+](C)(C)C. The number of unbranched alkanes of at least 4 members (excludes halogenated alkanes) is 9. The van der Waals surface area contributed by atoms with E-state index in [1.807, 2.05) is 21.1 Å². The fourth-order valence-corrected chi connectivity index (χ4v) is 7.50. The number of nitrogens with zero attached hydrogens (tertiary/aromatic N) is 1. The summed E-state index contributed by atoms with van der Waals surface area (Å²) in [4.78, 5) is 35.7. The number of ether oxygens (including phenoxy) is 2. The molecule has 0 aliphatic carbocycles. The van der Waals surface area contributed by atoms with Crippen molar-refractivity contribution in [2.24, 2.45) is 0 Å². The lowest BCUT2D eigenvalue weighted by Crippen LogP contribution is -2.37. The number of quaternary nitrogens is 1. The van der Waals surface area contributed by atoms with E-state index in [-0.39, 0.29) is 26.1 Å². The number of hydrogen-bond acceptors (Lipinski definition) is 7. The lowest BCUT2D eigenvalue weighted by atomic mass is 10.1. The Hall–Kier alpha value is -4.37. The van der Waals surface area contributed by atoms with Crippen LogP contribution in [0, 0.1) is 0 Å². The third-order valence-corrected chi connectivity index (χ3v) is 12.0. The van der Waals surface area contributed by atoms with Crippen LogP contribution in [0.25, 0.3) is 0 Å². The Morgan fingerprint density at radius 2 is 0.730 bits per heavy atom. The molecule has 74 heavy (non-hydrogen) atoms. The maximum absolute atomic E-state index is 12.8. The van der Waals surface area contributed by atoms with Crippen LogP contribution in [0.1, 0.15) is 181 Å². The molecule has 0 fully saturated rings. The van der Waals surface area contributed by atoms with Crippen LogP contribution >= 0.6 is 7.82 Å². The highest BCUT2D eigenvalue weighted by molar-refractivity contribution is 7.47. The Kier molecular flexibility index (Phi) is 50.3. The molecule has 0 aliphatic heterocycles. The molecule has 0 heterocycles. The summed E-state index contributed by atoms with van der Waals surface area (Å²) >= 11 is 0. The van der Waals surface area contributed by atoms with Gasteiger partial charge in [0.15, 0.2) is 6.10 Å². The number of rotatable bonds is 49. The largest absolute Gasteiger partial charge is 0.472 e. The van der Waals surface area contributed by atoms with Gasteiger partial charge in [-0.1, -0.05) is 204 Å². The molecule has 9 nitrogen and oxygen atoms in total. The van der Waals surface area contributed by atoms with E-state index in [2.05, 4.69) is 172 Å². The van der Waals surface area contributed by atoms with Crippen LogP contribution in [-0.4, -0.2) is 74.9 Å². The van der Waals surface area contributed by atoms with Crippen LogP contribution in [0.5, 0.6) is 0 Å². The zero-order valence-corrected chi connectivity index (χ0v) is 47.9. The van der Waals surface area contributed by atoms with Crippen LogP contribution in [0.15, 0.2) is 158 Å². The van der Waals surface area contributed by atoms with E-state index in [4.69, 9.17) is 18.5 Å². The normalized spacial score (nSPS) is 14.5. The Balaban J connectivity index is 4.36. The van der Waals surface area contributed by atoms with E-state index in [9.17, 15) is 19.0 Å². The van der Waals surface area contributed by atoms with Gasteiger partial charge in [0.1, 0.15) is 19.8 Å². The summed E-state index contributed by atoms with van der Waals surface area (Å²) in [5.74, 6) is -0.865. The van der Waals surface area contributed by atoms with Gasteiger partial charge < -0.3 is 18.9 Å². The smallest absolute Gasteiger partial charge is 0.462 e. The number of carbonyl (C=O) groups is 2. The van der Waals surface area contributed by atoms with Gasteiger partial charge in [-0.05, 0) is 122 Å². The van der Waals surface area contributed by atoms with Gasteiger partial charge in [-0.25, -0.2) is 4.57 Å². The third-order valence-electron chi connectivity index (χ3n) is 11.1. The second-order valence-corrected chi connectivity index (χ2v) is 20.7. The molecule has 416 valence electrons. The molecule has 0 radical (unpaired) electrons. The van der Waals surface area contributed by atoms with Crippen molar-refractivity contribution in [3.63, 3.8) is 0 Å². The standard InChI is InChI=1S/C64H102NO8P/c1-6-8-10-12-14-16-18-20-22-24-26-28-30-31-32-33-35-37-39-41-43-45-47-49-51-53-55-57-64(67)73-62(61-72-74(68,69)71-59-58-65(3,4)5)60-70-63(66)56-54-52-50-48-46-44-42-40-38-36-34-29-27-25-23-21-19-17-15-13-11-9-7-2/h8-11,14-17,20-23,26-29,31-32,35-38,41-44,62H,6-7,12-13,18-19,24-25,30,33-34,39-40,45-61H2,1-5H3/p+1/b10-8-,11-9-,16-14-,17-15-,22-20-,23-21-,28-26-,29-27-,32-31-,37-35-,38-36-,43-41-,44-42-. The molecule has 0 aromatic carbocycles. The summed E-state index contributed by atoms with van der Waals surface area (Å²) in [5, 5.41) is 0. The molecule has 0 rings (SSSR count). The highest BCUT2D eigenvalue weighted by atomic mass is 31.2. The Morgan fingerprint density at radius 3 is 1.08 bits per heavy atom. The average molecular weight is 1050 g/mol.